The van der Waals surface area contributed by atoms with Gasteiger partial charge >= 0.3 is 5.97 Å². The molecule has 0 aromatic heterocycles. The minimum Gasteiger partial charge on any atom is -0.493 e. The molecule has 3 aromatic rings. The third-order valence-corrected chi connectivity index (χ3v) is 9.86. The Hall–Kier alpha value is -2.73. The van der Waals surface area contributed by atoms with E-state index in [0.717, 1.165) is 48.4 Å². The van der Waals surface area contributed by atoms with Gasteiger partial charge in [-0.25, -0.2) is 0 Å². The largest absolute Gasteiger partial charge is 0.493 e. The second-order valence-electron chi connectivity index (χ2n) is 11.8. The number of rotatable bonds is 8. The molecule has 0 radical (unpaired) electrons. The number of benzene rings is 3. The number of carboxylic acids is 1. The summed E-state index contributed by atoms with van der Waals surface area (Å²) in [6.45, 7) is 4.31. The van der Waals surface area contributed by atoms with Crippen LogP contribution in [0.2, 0.25) is 10.0 Å². The molecule has 2 aliphatic heterocycles. The smallest absolute Gasteiger partial charge is 0.321 e. The van der Waals surface area contributed by atoms with Crippen LogP contribution in [0.3, 0.4) is 0 Å². The zero-order chi connectivity index (χ0) is 28.5. The Bertz CT molecular complexity index is 1400. The zero-order valence-corrected chi connectivity index (χ0v) is 25.0. The summed E-state index contributed by atoms with van der Waals surface area (Å²) in [4.78, 5) is 14.3. The van der Waals surface area contributed by atoms with Crippen LogP contribution in [0.5, 0.6) is 11.5 Å². The van der Waals surface area contributed by atoms with Crippen molar-refractivity contribution in [2.45, 2.75) is 76.5 Å². The number of aliphatic carboxylic acids is 1. The van der Waals surface area contributed by atoms with Crippen molar-refractivity contribution in [2.24, 2.45) is 5.92 Å². The molecule has 0 unspecified atom stereocenters. The molecule has 6 rings (SSSR count). The van der Waals surface area contributed by atoms with Gasteiger partial charge in [0, 0.05) is 13.1 Å². The molecular formula is C34H37Cl2NO4. The summed E-state index contributed by atoms with van der Waals surface area (Å²) in [5.74, 6) is 1.98. The van der Waals surface area contributed by atoms with E-state index in [1.165, 1.54) is 36.0 Å². The lowest BCUT2D eigenvalue weighted by Crippen LogP contribution is -2.48. The number of halogens is 2. The van der Waals surface area contributed by atoms with Gasteiger partial charge in [0.25, 0.3) is 0 Å². The second-order valence-corrected chi connectivity index (χ2v) is 12.6. The van der Waals surface area contributed by atoms with Crippen molar-refractivity contribution in [1.82, 2.24) is 4.90 Å². The first-order valence-corrected chi connectivity index (χ1v) is 15.6. The van der Waals surface area contributed by atoms with Crippen LogP contribution in [0.15, 0.2) is 54.6 Å². The molecule has 3 atom stereocenters. The first-order valence-electron chi connectivity index (χ1n) is 14.8. The number of carboxylic acid groups (broad SMARTS) is 1. The lowest BCUT2D eigenvalue weighted by Gasteiger charge is -2.39. The molecule has 3 aliphatic rings. The Morgan fingerprint density at radius 2 is 1.80 bits per heavy atom. The highest BCUT2D eigenvalue weighted by atomic mass is 35.5. The van der Waals surface area contributed by atoms with E-state index in [9.17, 15) is 9.90 Å². The van der Waals surface area contributed by atoms with Crippen molar-refractivity contribution in [3.63, 3.8) is 0 Å². The Kier molecular flexibility index (Phi) is 8.48. The SMILES string of the molecule is CC[C@@H](Oc1ccc([C@@H]2CCOc3cc4c(cc3C2)CN(CC2CCC2)[C@H](C(=O)O)C4)cc1)c1ccc(Cl)c(Cl)c1. The van der Waals surface area contributed by atoms with Gasteiger partial charge in [-0.05, 0) is 109 Å². The van der Waals surface area contributed by atoms with Gasteiger partial charge in [0.2, 0.25) is 0 Å². The molecule has 0 bridgehead atoms. The molecule has 41 heavy (non-hydrogen) atoms. The van der Waals surface area contributed by atoms with Gasteiger partial charge in [0.1, 0.15) is 23.6 Å². The Balaban J connectivity index is 1.17. The van der Waals surface area contributed by atoms with Crippen molar-refractivity contribution in [3.05, 3.63) is 92.5 Å². The van der Waals surface area contributed by atoms with E-state index in [4.69, 9.17) is 32.7 Å². The predicted molar refractivity (Wildman–Crippen MR) is 162 cm³/mol. The number of hydrogen-bond acceptors (Lipinski definition) is 4. The molecule has 2 heterocycles. The van der Waals surface area contributed by atoms with Gasteiger partial charge in [0.15, 0.2) is 0 Å². The van der Waals surface area contributed by atoms with Crippen molar-refractivity contribution in [1.29, 1.82) is 0 Å². The molecule has 7 heteroatoms. The minimum atomic E-state index is -0.722. The molecule has 5 nitrogen and oxygen atoms in total. The maximum Gasteiger partial charge on any atom is 0.321 e. The van der Waals surface area contributed by atoms with Crippen LogP contribution < -0.4 is 9.47 Å². The highest BCUT2D eigenvalue weighted by Crippen LogP contribution is 2.38. The average molecular weight is 595 g/mol. The molecule has 1 saturated carbocycles. The van der Waals surface area contributed by atoms with Gasteiger partial charge in [-0.15, -0.1) is 0 Å². The molecule has 1 fully saturated rings. The predicted octanol–water partition coefficient (Wildman–Crippen LogP) is 8.24. The summed E-state index contributed by atoms with van der Waals surface area (Å²) in [7, 11) is 0. The minimum absolute atomic E-state index is 0.107. The fourth-order valence-corrected chi connectivity index (χ4v) is 6.81. The Labute approximate surface area is 252 Å². The number of hydrogen-bond donors (Lipinski definition) is 1. The van der Waals surface area contributed by atoms with Crippen molar-refractivity contribution < 1.29 is 19.4 Å². The summed E-state index contributed by atoms with van der Waals surface area (Å²) >= 11 is 12.3. The van der Waals surface area contributed by atoms with Gasteiger partial charge in [0.05, 0.1) is 16.7 Å². The molecule has 3 aromatic carbocycles. The van der Waals surface area contributed by atoms with E-state index in [1.807, 2.05) is 18.2 Å². The Morgan fingerprint density at radius 1 is 1.00 bits per heavy atom. The maximum absolute atomic E-state index is 12.1. The fraction of sp³-hybridized carbons (Fsp3) is 0.441. The number of ether oxygens (including phenoxy) is 2. The quantitative estimate of drug-likeness (QED) is 0.285. The first kappa shape index (κ1) is 28.4. The van der Waals surface area contributed by atoms with E-state index in [1.54, 1.807) is 0 Å². The monoisotopic (exact) mass is 593 g/mol. The van der Waals surface area contributed by atoms with Crippen LogP contribution in [0.4, 0.5) is 0 Å². The third kappa shape index (κ3) is 6.23. The topological polar surface area (TPSA) is 59.0 Å². The molecule has 0 saturated heterocycles. The zero-order valence-electron chi connectivity index (χ0n) is 23.5. The molecule has 216 valence electrons. The third-order valence-electron chi connectivity index (χ3n) is 9.12. The van der Waals surface area contributed by atoms with Crippen LogP contribution in [0.25, 0.3) is 0 Å². The highest BCUT2D eigenvalue weighted by Gasteiger charge is 2.35. The van der Waals surface area contributed by atoms with Gasteiger partial charge in [-0.1, -0.05) is 60.8 Å². The lowest BCUT2D eigenvalue weighted by molar-refractivity contribution is -0.144. The fourth-order valence-electron chi connectivity index (χ4n) is 6.50. The van der Waals surface area contributed by atoms with Gasteiger partial charge < -0.3 is 14.6 Å². The van der Waals surface area contributed by atoms with E-state index < -0.39 is 12.0 Å². The van der Waals surface area contributed by atoms with Crippen LogP contribution in [-0.2, 0) is 24.2 Å². The van der Waals surface area contributed by atoms with Crippen LogP contribution in [-0.4, -0.2) is 35.2 Å². The maximum atomic E-state index is 12.1. The summed E-state index contributed by atoms with van der Waals surface area (Å²) in [6, 6.07) is 18.1. The summed E-state index contributed by atoms with van der Waals surface area (Å²) in [5.41, 5.74) is 5.86. The number of nitrogens with zero attached hydrogens (tertiary/aromatic N) is 1. The average Bonchev–Trinajstić information content (AvgIpc) is 3.15. The van der Waals surface area contributed by atoms with E-state index in [2.05, 4.69) is 48.2 Å². The van der Waals surface area contributed by atoms with Crippen molar-refractivity contribution >= 4 is 29.2 Å². The van der Waals surface area contributed by atoms with Crippen molar-refractivity contribution in [2.75, 3.05) is 13.2 Å². The highest BCUT2D eigenvalue weighted by molar-refractivity contribution is 6.42. The number of carbonyl (C=O) groups is 1. The summed E-state index contributed by atoms with van der Waals surface area (Å²) in [5, 5.41) is 11.0. The van der Waals surface area contributed by atoms with Gasteiger partial charge in [-0.2, -0.15) is 0 Å². The lowest BCUT2D eigenvalue weighted by atomic mass is 9.83. The van der Waals surface area contributed by atoms with E-state index in [-0.39, 0.29) is 6.10 Å². The van der Waals surface area contributed by atoms with Crippen LogP contribution >= 0.6 is 23.2 Å². The van der Waals surface area contributed by atoms with Crippen LogP contribution in [0, 0.1) is 5.92 Å². The standard InChI is InChI=1S/C34H37Cl2NO4/c1-2-32(24-8-11-29(35)30(36)16-24)41-28-9-6-22(7-10-28)23-12-13-40-33-18-25-17-31(34(38)39)37(19-21-4-3-5-21)20-27(25)15-26(33)14-23/h6-11,15-16,18,21,23,31-32H,2-5,12-14,17,19-20H2,1H3,(H,38,39)/t23-,31+,32-/m1/s1. The molecule has 0 spiro atoms. The molecule has 1 N–H and O–H groups in total. The second kappa shape index (κ2) is 12.2. The molecular weight excluding hydrogens is 557 g/mol. The van der Waals surface area contributed by atoms with E-state index >= 15 is 0 Å². The van der Waals surface area contributed by atoms with E-state index in [0.29, 0.717) is 41.5 Å². The van der Waals surface area contributed by atoms with Crippen molar-refractivity contribution in [3.8, 4) is 11.5 Å². The van der Waals surface area contributed by atoms with Crippen LogP contribution in [0.1, 0.15) is 78.9 Å². The van der Waals surface area contributed by atoms with Gasteiger partial charge in [-0.3, -0.25) is 9.69 Å². The Morgan fingerprint density at radius 3 is 2.49 bits per heavy atom. The summed E-state index contributed by atoms with van der Waals surface area (Å²) < 4.78 is 12.6. The number of fused-ring (bicyclic) bond motifs is 2. The summed E-state index contributed by atoms with van der Waals surface area (Å²) in [6.07, 6.45) is 6.76. The molecule has 0 amide bonds. The normalized spacial score (nSPS) is 21.5. The first-order chi connectivity index (χ1) is 19.9. The molecule has 1 aliphatic carbocycles.